The van der Waals surface area contributed by atoms with Crippen LogP contribution < -0.4 is 17.0 Å². The summed E-state index contributed by atoms with van der Waals surface area (Å²) < 4.78 is 1.15. The van der Waals surface area contributed by atoms with Crippen LogP contribution in [0.4, 0.5) is 0 Å². The maximum absolute atomic E-state index is 3.43. The molecule has 1 aromatic heterocycles. The molecule has 4 heteroatoms. The molecule has 1 aromatic carbocycles. The van der Waals surface area contributed by atoms with Crippen molar-refractivity contribution >= 4 is 27.3 Å². The minimum absolute atomic E-state index is 0. The van der Waals surface area contributed by atoms with E-state index in [1.54, 1.807) is 11.3 Å². The Hall–Kier alpha value is 0.503. The topological polar surface area (TPSA) is 0 Å². The van der Waals surface area contributed by atoms with Gasteiger partial charge >= 0.3 is 0 Å². The molecule has 2 aromatic rings. The van der Waals surface area contributed by atoms with Gasteiger partial charge in [0.1, 0.15) is 0 Å². The van der Waals surface area contributed by atoms with Crippen LogP contribution in [0, 0.1) is 5.38 Å². The van der Waals surface area contributed by atoms with Crippen molar-refractivity contribution in [3.63, 3.8) is 0 Å². The van der Waals surface area contributed by atoms with Crippen molar-refractivity contribution in [2.24, 2.45) is 0 Å². The van der Waals surface area contributed by atoms with Crippen LogP contribution in [0.25, 0.3) is 0 Å². The first-order chi connectivity index (χ1) is 6.34. The van der Waals surface area contributed by atoms with E-state index in [1.165, 1.54) is 11.1 Å². The molecule has 0 atom stereocenters. The Morgan fingerprint density at radius 3 is 2.40 bits per heavy atom. The van der Waals surface area contributed by atoms with Crippen molar-refractivity contribution in [2.75, 3.05) is 0 Å². The molecule has 0 saturated heterocycles. The molecule has 0 aliphatic rings. The van der Waals surface area contributed by atoms with Crippen molar-refractivity contribution < 1.29 is 36.5 Å². The van der Waals surface area contributed by atoms with Crippen molar-refractivity contribution in [3.05, 3.63) is 56.7 Å². The van der Waals surface area contributed by atoms with Gasteiger partial charge in [0, 0.05) is 24.9 Å². The molecule has 75 valence electrons. The van der Waals surface area contributed by atoms with E-state index in [9.17, 15) is 0 Å². The fourth-order valence-corrected chi connectivity index (χ4v) is 2.29. The zero-order valence-electron chi connectivity index (χ0n) is 8.04. The average molecular weight is 397 g/mol. The molecular formula is C11H8Br2SZn-. The van der Waals surface area contributed by atoms with Crippen LogP contribution in [0.15, 0.2) is 40.2 Å². The van der Waals surface area contributed by atoms with Crippen LogP contribution in [0.2, 0.25) is 0 Å². The first-order valence-corrected chi connectivity index (χ1v) is 5.65. The number of benzene rings is 1. The average Bonchev–Trinajstić information content (AvgIpc) is 2.53. The third kappa shape index (κ3) is 4.90. The minimum Gasteiger partial charge on any atom is -1.00 e. The van der Waals surface area contributed by atoms with Crippen LogP contribution in [-0.4, -0.2) is 0 Å². The molecule has 0 unspecified atom stereocenters. The molecule has 15 heavy (non-hydrogen) atoms. The molecular weight excluding hydrogens is 389 g/mol. The molecule has 2 rings (SSSR count). The Kier molecular flexibility index (Phi) is 7.98. The van der Waals surface area contributed by atoms with Gasteiger partial charge < -0.3 is 17.0 Å². The predicted octanol–water partition coefficient (Wildman–Crippen LogP) is 0.903. The maximum Gasteiger partial charge on any atom is 0.0708 e. The van der Waals surface area contributed by atoms with Crippen molar-refractivity contribution in [1.29, 1.82) is 0 Å². The fraction of sp³-hybridized carbons (Fsp3) is 0.0909. The summed E-state index contributed by atoms with van der Waals surface area (Å²) in [5.74, 6) is 0. The molecule has 0 aliphatic heterocycles. The molecule has 1 radical (unpaired) electrons. The second-order valence-corrected chi connectivity index (χ2v) is 5.07. The molecule has 0 saturated carbocycles. The molecule has 1 heterocycles. The minimum atomic E-state index is 0. The quantitative estimate of drug-likeness (QED) is 0.661. The summed E-state index contributed by atoms with van der Waals surface area (Å²) >= 11 is 5.05. The summed E-state index contributed by atoms with van der Waals surface area (Å²) in [5.41, 5.74) is 2.59. The van der Waals surface area contributed by atoms with Gasteiger partial charge in [-0.25, -0.2) is 0 Å². The van der Waals surface area contributed by atoms with E-state index >= 15 is 0 Å². The van der Waals surface area contributed by atoms with Gasteiger partial charge in [-0.1, -0.05) is 30.3 Å². The molecule has 0 fully saturated rings. The van der Waals surface area contributed by atoms with E-state index in [-0.39, 0.29) is 36.5 Å². The second-order valence-electron chi connectivity index (χ2n) is 2.84. The van der Waals surface area contributed by atoms with E-state index in [1.807, 2.05) is 6.07 Å². The van der Waals surface area contributed by atoms with Crippen LogP contribution >= 0.6 is 27.3 Å². The van der Waals surface area contributed by atoms with Gasteiger partial charge in [0.25, 0.3) is 0 Å². The van der Waals surface area contributed by atoms with E-state index < -0.39 is 0 Å². The smallest absolute Gasteiger partial charge is 0.0708 e. The monoisotopic (exact) mass is 394 g/mol. The Labute approximate surface area is 126 Å². The summed E-state index contributed by atoms with van der Waals surface area (Å²) in [6, 6.07) is 12.6. The number of rotatable bonds is 2. The van der Waals surface area contributed by atoms with Gasteiger partial charge in [-0.15, -0.1) is 11.3 Å². The molecule has 0 N–H and O–H groups in total. The predicted molar refractivity (Wildman–Crippen MR) is 60.1 cm³/mol. The molecule has 0 bridgehead atoms. The second kappa shape index (κ2) is 7.72. The van der Waals surface area contributed by atoms with Crippen LogP contribution in [0.5, 0.6) is 0 Å². The molecule has 0 spiro atoms. The summed E-state index contributed by atoms with van der Waals surface area (Å²) in [4.78, 5) is 0. The van der Waals surface area contributed by atoms with Crippen molar-refractivity contribution in [2.45, 2.75) is 6.42 Å². The van der Waals surface area contributed by atoms with Gasteiger partial charge in [-0.05, 0) is 39.5 Å². The first kappa shape index (κ1) is 15.5. The summed E-state index contributed by atoms with van der Waals surface area (Å²) in [6.07, 6.45) is 0.975. The number of thiophene rings is 1. The van der Waals surface area contributed by atoms with Gasteiger partial charge in [-0.3, -0.25) is 0 Å². The Morgan fingerprint density at radius 1 is 1.20 bits per heavy atom. The largest absolute Gasteiger partial charge is 1.00 e. The third-order valence-electron chi connectivity index (χ3n) is 1.80. The molecule has 0 nitrogen and oxygen atoms in total. The van der Waals surface area contributed by atoms with E-state index in [2.05, 4.69) is 51.6 Å². The van der Waals surface area contributed by atoms with E-state index in [0.29, 0.717) is 0 Å². The van der Waals surface area contributed by atoms with Crippen LogP contribution in [0.1, 0.15) is 11.1 Å². The summed E-state index contributed by atoms with van der Waals surface area (Å²) in [7, 11) is 0. The Balaban J connectivity index is 0.000000980. The first-order valence-electron chi connectivity index (χ1n) is 4.04. The normalized spacial score (nSPS) is 8.87. The van der Waals surface area contributed by atoms with Gasteiger partial charge in [-0.2, -0.15) is 0 Å². The SMILES string of the molecule is Brc1cc(Cc2ccccc2)[c]s1.[Br-].[Zn]. The Bertz CT molecular complexity index is 386. The molecule has 0 aliphatic carbocycles. The third-order valence-corrected chi connectivity index (χ3v) is 3.20. The fourth-order valence-electron chi connectivity index (χ4n) is 1.21. The van der Waals surface area contributed by atoms with Gasteiger partial charge in [0.15, 0.2) is 0 Å². The number of hydrogen-bond donors (Lipinski definition) is 0. The number of halogens is 2. The van der Waals surface area contributed by atoms with Crippen molar-refractivity contribution in [3.8, 4) is 0 Å². The van der Waals surface area contributed by atoms with E-state index in [4.69, 9.17) is 0 Å². The summed E-state index contributed by atoms with van der Waals surface area (Å²) in [5, 5.41) is 3.25. The maximum atomic E-state index is 3.43. The van der Waals surface area contributed by atoms with Gasteiger partial charge in [0.05, 0.1) is 3.79 Å². The number of hydrogen-bond acceptors (Lipinski definition) is 1. The summed E-state index contributed by atoms with van der Waals surface area (Å²) in [6.45, 7) is 0. The Morgan fingerprint density at radius 2 is 1.87 bits per heavy atom. The van der Waals surface area contributed by atoms with Crippen molar-refractivity contribution in [1.82, 2.24) is 0 Å². The van der Waals surface area contributed by atoms with Crippen LogP contribution in [0.3, 0.4) is 0 Å². The molecule has 0 amide bonds. The standard InChI is InChI=1S/C11H8BrS.BrH.Zn/c12-11-7-10(8-13-11)6-9-4-2-1-3-5-9;;/h1-5,7H,6H2;1H;/p-1. The van der Waals surface area contributed by atoms with Gasteiger partial charge in [0.2, 0.25) is 0 Å². The zero-order chi connectivity index (χ0) is 9.10. The van der Waals surface area contributed by atoms with E-state index in [0.717, 1.165) is 10.2 Å². The zero-order valence-corrected chi connectivity index (χ0v) is 15.0. The van der Waals surface area contributed by atoms with Crippen LogP contribution in [-0.2, 0) is 25.9 Å².